The van der Waals surface area contributed by atoms with Gasteiger partial charge in [0, 0.05) is 36.4 Å². The summed E-state index contributed by atoms with van der Waals surface area (Å²) in [6.07, 6.45) is -0.965. The van der Waals surface area contributed by atoms with Gasteiger partial charge in [-0.25, -0.2) is 4.79 Å². The highest BCUT2D eigenvalue weighted by Gasteiger charge is 2.32. The maximum atomic E-state index is 13.1. The molecule has 1 aromatic carbocycles. The van der Waals surface area contributed by atoms with Gasteiger partial charge in [-0.1, -0.05) is 18.2 Å². The predicted molar refractivity (Wildman–Crippen MR) is 141 cm³/mol. The topological polar surface area (TPSA) is 284 Å². The van der Waals surface area contributed by atoms with E-state index in [0.29, 0.717) is 5.56 Å². The van der Waals surface area contributed by atoms with E-state index in [-0.39, 0.29) is 19.3 Å². The number of carbonyl (C=O) groups is 7. The lowest BCUT2D eigenvalue weighted by atomic mass is 10.0. The molecule has 0 spiro atoms. The van der Waals surface area contributed by atoms with E-state index in [1.165, 1.54) is 0 Å². The van der Waals surface area contributed by atoms with Crippen LogP contribution in [-0.4, -0.2) is 86.0 Å². The Labute approximate surface area is 232 Å². The molecule has 11 N–H and O–H groups in total. The van der Waals surface area contributed by atoms with Crippen molar-refractivity contribution in [2.24, 2.45) is 11.5 Å². The van der Waals surface area contributed by atoms with E-state index in [1.807, 2.05) is 0 Å². The lowest BCUT2D eigenvalue weighted by Gasteiger charge is -2.24. The second-order valence-corrected chi connectivity index (χ2v) is 9.23. The first-order chi connectivity index (χ1) is 19.3. The summed E-state index contributed by atoms with van der Waals surface area (Å²) in [4.78, 5) is 86.8. The zero-order valence-electron chi connectivity index (χ0n) is 21.8. The van der Waals surface area contributed by atoms with E-state index in [0.717, 1.165) is 10.9 Å². The Hall–Kier alpha value is -4.99. The van der Waals surface area contributed by atoms with Crippen molar-refractivity contribution < 1.29 is 48.9 Å². The third kappa shape index (κ3) is 10.2. The van der Waals surface area contributed by atoms with Crippen LogP contribution >= 0.6 is 0 Å². The molecule has 0 aliphatic rings. The quantitative estimate of drug-likeness (QED) is 0.101. The molecule has 0 fully saturated rings. The number of hydrogen-bond donors (Lipinski definition) is 9. The molecule has 2 aromatic rings. The van der Waals surface area contributed by atoms with Crippen LogP contribution in [-0.2, 0) is 40.0 Å². The van der Waals surface area contributed by atoms with Crippen molar-refractivity contribution in [3.8, 4) is 0 Å². The summed E-state index contributed by atoms with van der Waals surface area (Å²) >= 11 is 0. The number of benzene rings is 1. The maximum absolute atomic E-state index is 13.1. The number of hydrogen-bond acceptors (Lipinski definition) is 8. The van der Waals surface area contributed by atoms with Crippen LogP contribution in [0, 0.1) is 0 Å². The molecule has 1 aromatic heterocycles. The van der Waals surface area contributed by atoms with Crippen molar-refractivity contribution in [2.75, 3.05) is 0 Å². The SMILES string of the molecule is NC(=O)CCC(NC(=O)C(CC(=O)O)NC(=O)C(N)CCC(=O)O)C(=O)NC(Cc1c[nH]c2ccccc12)C(=O)O. The fraction of sp³-hybridized carbons (Fsp3) is 0.400. The molecule has 1 heterocycles. The van der Waals surface area contributed by atoms with Crippen molar-refractivity contribution in [3.05, 3.63) is 36.0 Å². The van der Waals surface area contributed by atoms with Gasteiger partial charge >= 0.3 is 17.9 Å². The van der Waals surface area contributed by atoms with Crippen LogP contribution in [0.1, 0.15) is 37.7 Å². The van der Waals surface area contributed by atoms with E-state index in [9.17, 15) is 43.8 Å². The number of aliphatic carboxylic acids is 3. The molecule has 16 heteroatoms. The van der Waals surface area contributed by atoms with Crippen molar-refractivity contribution >= 4 is 52.4 Å². The summed E-state index contributed by atoms with van der Waals surface area (Å²) in [5.74, 6) is -8.06. The first-order valence-corrected chi connectivity index (χ1v) is 12.4. The van der Waals surface area contributed by atoms with Gasteiger partial charge < -0.3 is 47.7 Å². The number of para-hydroxylation sites is 1. The molecule has 2 rings (SSSR count). The number of primary amides is 1. The number of fused-ring (bicyclic) bond motifs is 1. The number of H-pyrrole nitrogens is 1. The Bertz CT molecular complexity index is 1310. The van der Waals surface area contributed by atoms with E-state index in [4.69, 9.17) is 16.6 Å². The van der Waals surface area contributed by atoms with Crippen LogP contribution in [0.3, 0.4) is 0 Å². The Morgan fingerprint density at radius 1 is 0.780 bits per heavy atom. The molecule has 4 unspecified atom stereocenters. The number of rotatable bonds is 17. The Balaban J connectivity index is 2.19. The van der Waals surface area contributed by atoms with Crippen LogP contribution in [0.2, 0.25) is 0 Å². The van der Waals surface area contributed by atoms with Crippen LogP contribution in [0.4, 0.5) is 0 Å². The number of nitrogens with two attached hydrogens (primary N) is 2. The minimum Gasteiger partial charge on any atom is -0.481 e. The molecule has 222 valence electrons. The van der Waals surface area contributed by atoms with Gasteiger partial charge in [-0.05, 0) is 24.5 Å². The second kappa shape index (κ2) is 15.0. The number of aromatic amines is 1. The Morgan fingerprint density at radius 3 is 2.00 bits per heavy atom. The number of amides is 4. The average molecular weight is 577 g/mol. The fourth-order valence-corrected chi connectivity index (χ4v) is 3.89. The third-order valence-corrected chi connectivity index (χ3v) is 6.04. The molecule has 0 bridgehead atoms. The van der Waals surface area contributed by atoms with Crippen LogP contribution in [0.25, 0.3) is 10.9 Å². The molecule has 4 amide bonds. The average Bonchev–Trinajstić information content (AvgIpc) is 3.30. The monoisotopic (exact) mass is 576 g/mol. The lowest BCUT2D eigenvalue weighted by Crippen LogP contribution is -2.57. The molecular formula is C25H32N6O10. The van der Waals surface area contributed by atoms with E-state index in [2.05, 4.69) is 20.9 Å². The first-order valence-electron chi connectivity index (χ1n) is 12.4. The highest BCUT2D eigenvalue weighted by atomic mass is 16.4. The van der Waals surface area contributed by atoms with Gasteiger partial charge in [0.25, 0.3) is 0 Å². The fourth-order valence-electron chi connectivity index (χ4n) is 3.89. The summed E-state index contributed by atoms with van der Waals surface area (Å²) in [5, 5.41) is 35.1. The first kappa shape index (κ1) is 32.2. The second-order valence-electron chi connectivity index (χ2n) is 9.23. The summed E-state index contributed by atoms with van der Waals surface area (Å²) in [7, 11) is 0. The Kier molecular flexibility index (Phi) is 11.8. The van der Waals surface area contributed by atoms with Crippen molar-refractivity contribution in [2.45, 2.75) is 62.7 Å². The van der Waals surface area contributed by atoms with Gasteiger partial charge in [0.1, 0.15) is 18.1 Å². The van der Waals surface area contributed by atoms with E-state index in [1.54, 1.807) is 30.5 Å². The number of carboxylic acid groups (broad SMARTS) is 3. The van der Waals surface area contributed by atoms with Gasteiger partial charge in [0.2, 0.25) is 23.6 Å². The minimum atomic E-state index is -1.73. The van der Waals surface area contributed by atoms with Crippen LogP contribution in [0.5, 0.6) is 0 Å². The van der Waals surface area contributed by atoms with E-state index < -0.39 is 85.0 Å². The predicted octanol–water partition coefficient (Wildman–Crippen LogP) is -1.82. The van der Waals surface area contributed by atoms with Crippen molar-refractivity contribution in [3.63, 3.8) is 0 Å². The van der Waals surface area contributed by atoms with Crippen LogP contribution < -0.4 is 27.4 Å². The number of carbonyl (C=O) groups excluding carboxylic acids is 4. The maximum Gasteiger partial charge on any atom is 0.326 e. The summed E-state index contributed by atoms with van der Waals surface area (Å²) < 4.78 is 0. The van der Waals surface area contributed by atoms with Crippen molar-refractivity contribution in [1.82, 2.24) is 20.9 Å². The third-order valence-electron chi connectivity index (χ3n) is 6.04. The number of nitrogens with one attached hydrogen (secondary N) is 4. The molecule has 0 aliphatic heterocycles. The van der Waals surface area contributed by atoms with Gasteiger partial charge in [0.15, 0.2) is 0 Å². The molecule has 0 saturated heterocycles. The summed E-state index contributed by atoms with van der Waals surface area (Å²) in [6, 6.07) is 1.01. The zero-order valence-corrected chi connectivity index (χ0v) is 21.8. The molecule has 0 saturated carbocycles. The lowest BCUT2D eigenvalue weighted by molar-refractivity contribution is -0.143. The summed E-state index contributed by atoms with van der Waals surface area (Å²) in [6.45, 7) is 0. The normalized spacial score (nSPS) is 13.8. The molecule has 0 radical (unpaired) electrons. The highest BCUT2D eigenvalue weighted by molar-refractivity contribution is 5.96. The van der Waals surface area contributed by atoms with Gasteiger partial charge in [0.05, 0.1) is 12.5 Å². The smallest absolute Gasteiger partial charge is 0.326 e. The van der Waals surface area contributed by atoms with Crippen molar-refractivity contribution in [1.29, 1.82) is 0 Å². The number of carboxylic acids is 3. The summed E-state index contributed by atoms with van der Waals surface area (Å²) in [5.41, 5.74) is 12.1. The highest BCUT2D eigenvalue weighted by Crippen LogP contribution is 2.19. The van der Waals surface area contributed by atoms with Crippen LogP contribution in [0.15, 0.2) is 30.5 Å². The van der Waals surface area contributed by atoms with Gasteiger partial charge in [-0.3, -0.25) is 28.8 Å². The van der Waals surface area contributed by atoms with E-state index >= 15 is 0 Å². The molecule has 16 nitrogen and oxygen atoms in total. The Morgan fingerprint density at radius 2 is 1.39 bits per heavy atom. The minimum absolute atomic E-state index is 0.131. The van der Waals surface area contributed by atoms with Gasteiger partial charge in [-0.2, -0.15) is 0 Å². The van der Waals surface area contributed by atoms with Gasteiger partial charge in [-0.15, -0.1) is 0 Å². The largest absolute Gasteiger partial charge is 0.481 e. The zero-order chi connectivity index (χ0) is 30.7. The molecule has 4 atom stereocenters. The molecular weight excluding hydrogens is 544 g/mol. The molecule has 41 heavy (non-hydrogen) atoms. The molecule has 0 aliphatic carbocycles. The number of aromatic nitrogens is 1. The standard InChI is InChI=1S/C25H32N6O10/c26-14(5-8-20(33)34)22(37)30-17(10-21(35)36)24(39)29-16(6-7-19(27)32)23(38)31-18(25(40)41)9-12-11-28-15-4-2-1-3-13(12)15/h1-4,11,14,16-18,28H,5-10,26H2,(H2,27,32)(H,29,39)(H,30,37)(H,31,38)(H,33,34)(H,35,36)(H,40,41).